The van der Waals surface area contributed by atoms with Crippen molar-refractivity contribution in [2.75, 3.05) is 6.61 Å². The predicted octanol–water partition coefficient (Wildman–Crippen LogP) is 7.39. The van der Waals surface area contributed by atoms with Gasteiger partial charge >= 0.3 is 8.56 Å². The van der Waals surface area contributed by atoms with Crippen LogP contribution in [0.1, 0.15) is 97.8 Å². The highest BCUT2D eigenvalue weighted by atomic mass is 28.4. The van der Waals surface area contributed by atoms with E-state index in [2.05, 4.69) is 81.4 Å². The fraction of sp³-hybridized carbons (Fsp3) is 0.586. The van der Waals surface area contributed by atoms with Crippen LogP contribution in [0.15, 0.2) is 60.7 Å². The molecule has 1 unspecified atom stereocenters. The van der Waals surface area contributed by atoms with E-state index in [9.17, 15) is 0 Å². The van der Waals surface area contributed by atoms with Gasteiger partial charge in [-0.3, -0.25) is 0 Å². The smallest absolute Gasteiger partial charge is 0.388 e. The van der Waals surface area contributed by atoms with Crippen molar-refractivity contribution in [3.05, 3.63) is 60.7 Å². The molecule has 0 aliphatic rings. The molecule has 2 rings (SSSR count). The molecule has 0 radical (unpaired) electrons. The van der Waals surface area contributed by atoms with E-state index in [1.54, 1.807) is 0 Å². The molecule has 2 aromatic carbocycles. The average Bonchev–Trinajstić information content (AvgIpc) is 2.84. The molecule has 0 heterocycles. The Labute approximate surface area is 199 Å². The Kier molecular flexibility index (Phi) is 13.6. The third-order valence-electron chi connectivity index (χ3n) is 6.19. The molecule has 2 nitrogen and oxygen atoms in total. The van der Waals surface area contributed by atoms with Crippen molar-refractivity contribution in [3.63, 3.8) is 0 Å². The number of rotatable bonds is 18. The number of benzene rings is 2. The van der Waals surface area contributed by atoms with Gasteiger partial charge in [-0.15, -0.1) is 0 Å². The maximum atomic E-state index is 6.91. The zero-order valence-corrected chi connectivity index (χ0v) is 21.9. The average molecular weight is 455 g/mol. The Bertz CT molecular complexity index is 649. The Morgan fingerprint density at radius 2 is 1.09 bits per heavy atom. The van der Waals surface area contributed by atoms with Crippen LogP contribution in [-0.4, -0.2) is 21.3 Å². The molecule has 0 aliphatic heterocycles. The largest absolute Gasteiger partial charge is 0.407 e. The van der Waals surface area contributed by atoms with E-state index in [4.69, 9.17) is 8.85 Å². The lowest BCUT2D eigenvalue weighted by atomic mass is 10.1. The molecule has 0 aromatic heterocycles. The summed E-state index contributed by atoms with van der Waals surface area (Å²) in [5, 5.41) is 2.43. The van der Waals surface area contributed by atoms with Crippen molar-refractivity contribution in [2.24, 2.45) is 0 Å². The van der Waals surface area contributed by atoms with E-state index in [0.29, 0.717) is 0 Å². The maximum Gasteiger partial charge on any atom is 0.407 e. The second-order valence-electron chi connectivity index (χ2n) is 9.10. The Hall–Kier alpha value is -1.42. The lowest BCUT2D eigenvalue weighted by Crippen LogP contribution is -2.64. The first-order chi connectivity index (χ1) is 15.7. The summed E-state index contributed by atoms with van der Waals surface area (Å²) in [5.74, 6) is 0. The molecule has 0 amide bonds. The SMILES string of the molecule is CCCCCCCCCCCO[Si](OC(C)CCCC)(c1ccccc1)c1ccccc1. The Morgan fingerprint density at radius 1 is 0.625 bits per heavy atom. The van der Waals surface area contributed by atoms with Crippen LogP contribution in [0.25, 0.3) is 0 Å². The lowest BCUT2D eigenvalue weighted by molar-refractivity contribution is 0.132. The van der Waals surface area contributed by atoms with Crippen molar-refractivity contribution >= 4 is 18.9 Å². The standard InChI is InChI=1S/C29H46O2Si/c1-4-6-8-9-10-11-12-13-20-26-30-32(28-22-16-14-17-23-28,29-24-18-15-19-25-29)31-27(3)21-7-5-2/h14-19,22-25,27H,4-13,20-21,26H2,1-3H3. The molecule has 2 aromatic rings. The summed E-state index contributed by atoms with van der Waals surface area (Å²) in [4.78, 5) is 0. The lowest BCUT2D eigenvalue weighted by Gasteiger charge is -2.34. The molecular formula is C29H46O2Si. The summed E-state index contributed by atoms with van der Waals surface area (Å²) in [7, 11) is -2.75. The third-order valence-corrected chi connectivity index (χ3v) is 9.72. The van der Waals surface area contributed by atoms with E-state index in [1.807, 2.05) is 0 Å². The van der Waals surface area contributed by atoms with Crippen LogP contribution in [0.3, 0.4) is 0 Å². The van der Waals surface area contributed by atoms with Crippen LogP contribution in [-0.2, 0) is 8.85 Å². The highest BCUT2D eigenvalue weighted by Gasteiger charge is 2.43. The van der Waals surface area contributed by atoms with Gasteiger partial charge in [-0.2, -0.15) is 0 Å². The first-order valence-corrected chi connectivity index (χ1v) is 15.0. The Morgan fingerprint density at radius 3 is 1.59 bits per heavy atom. The van der Waals surface area contributed by atoms with Gasteiger partial charge in [0.2, 0.25) is 0 Å². The molecule has 0 N–H and O–H groups in total. The minimum absolute atomic E-state index is 0.185. The Balaban J connectivity index is 2.03. The molecule has 0 saturated heterocycles. The van der Waals surface area contributed by atoms with Crippen molar-refractivity contribution in [1.29, 1.82) is 0 Å². The van der Waals surface area contributed by atoms with Gasteiger partial charge in [-0.05, 0) is 30.1 Å². The molecular weight excluding hydrogens is 408 g/mol. The second kappa shape index (κ2) is 16.2. The van der Waals surface area contributed by atoms with Crippen LogP contribution < -0.4 is 10.4 Å². The second-order valence-corrected chi connectivity index (χ2v) is 12.0. The maximum absolute atomic E-state index is 6.91. The zero-order valence-electron chi connectivity index (χ0n) is 20.9. The topological polar surface area (TPSA) is 18.5 Å². The summed E-state index contributed by atoms with van der Waals surface area (Å²) in [6.45, 7) is 7.51. The van der Waals surface area contributed by atoms with Crippen molar-refractivity contribution in [3.8, 4) is 0 Å². The fourth-order valence-electron chi connectivity index (χ4n) is 4.28. The van der Waals surface area contributed by atoms with Crippen molar-refractivity contribution in [2.45, 2.75) is 104 Å². The summed E-state index contributed by atoms with van der Waals surface area (Å²) < 4.78 is 13.7. The minimum Gasteiger partial charge on any atom is -0.388 e. The minimum atomic E-state index is -2.75. The van der Waals surface area contributed by atoms with Crippen LogP contribution in [0, 0.1) is 0 Å². The zero-order chi connectivity index (χ0) is 22.9. The van der Waals surface area contributed by atoms with Gasteiger partial charge in [0.15, 0.2) is 0 Å². The summed E-state index contributed by atoms with van der Waals surface area (Å²) >= 11 is 0. The van der Waals surface area contributed by atoms with E-state index in [0.717, 1.165) is 19.4 Å². The van der Waals surface area contributed by atoms with Crippen LogP contribution in [0.2, 0.25) is 0 Å². The van der Waals surface area contributed by atoms with Gasteiger partial charge in [-0.1, -0.05) is 139 Å². The fourth-order valence-corrected chi connectivity index (χ4v) is 7.67. The van der Waals surface area contributed by atoms with Crippen molar-refractivity contribution < 1.29 is 8.85 Å². The van der Waals surface area contributed by atoms with E-state index in [1.165, 1.54) is 74.6 Å². The summed E-state index contributed by atoms with van der Waals surface area (Å²) in [5.41, 5.74) is 0. The van der Waals surface area contributed by atoms with Gasteiger partial charge in [0.25, 0.3) is 0 Å². The predicted molar refractivity (Wildman–Crippen MR) is 141 cm³/mol. The van der Waals surface area contributed by atoms with Gasteiger partial charge < -0.3 is 8.85 Å². The highest BCUT2D eigenvalue weighted by Crippen LogP contribution is 2.17. The number of hydrogen-bond donors (Lipinski definition) is 0. The number of hydrogen-bond acceptors (Lipinski definition) is 2. The normalized spacial score (nSPS) is 12.7. The first kappa shape index (κ1) is 26.8. The molecule has 32 heavy (non-hydrogen) atoms. The van der Waals surface area contributed by atoms with E-state index >= 15 is 0 Å². The molecule has 178 valence electrons. The number of unbranched alkanes of at least 4 members (excludes halogenated alkanes) is 9. The van der Waals surface area contributed by atoms with E-state index in [-0.39, 0.29) is 6.10 Å². The molecule has 0 saturated carbocycles. The molecule has 0 aliphatic carbocycles. The molecule has 0 bridgehead atoms. The van der Waals surface area contributed by atoms with E-state index < -0.39 is 8.56 Å². The van der Waals surface area contributed by atoms with Gasteiger partial charge in [0.1, 0.15) is 0 Å². The first-order valence-electron chi connectivity index (χ1n) is 13.2. The van der Waals surface area contributed by atoms with Crippen LogP contribution >= 0.6 is 0 Å². The third kappa shape index (κ3) is 9.21. The van der Waals surface area contributed by atoms with Crippen LogP contribution in [0.4, 0.5) is 0 Å². The summed E-state index contributed by atoms with van der Waals surface area (Å²) in [6.07, 6.45) is 15.5. The molecule has 0 fully saturated rings. The highest BCUT2D eigenvalue weighted by molar-refractivity contribution is 6.92. The molecule has 3 heteroatoms. The van der Waals surface area contributed by atoms with Crippen molar-refractivity contribution in [1.82, 2.24) is 0 Å². The van der Waals surface area contributed by atoms with Gasteiger partial charge in [0.05, 0.1) is 0 Å². The van der Waals surface area contributed by atoms with Crippen LogP contribution in [0.5, 0.6) is 0 Å². The molecule has 1 atom stereocenters. The quantitative estimate of drug-likeness (QED) is 0.173. The summed E-state index contributed by atoms with van der Waals surface area (Å²) in [6, 6.07) is 21.4. The molecule has 0 spiro atoms. The van der Waals surface area contributed by atoms with Gasteiger partial charge in [0, 0.05) is 12.7 Å². The van der Waals surface area contributed by atoms with Gasteiger partial charge in [-0.25, -0.2) is 0 Å². The monoisotopic (exact) mass is 454 g/mol.